The molecule has 3 rings (SSSR count). The average molecular weight is 757 g/mol. The van der Waals surface area contributed by atoms with Crippen LogP contribution in [-0.4, -0.2) is 95.4 Å². The summed E-state index contributed by atoms with van der Waals surface area (Å²) in [6.45, 7) is 12.2. The van der Waals surface area contributed by atoms with Gasteiger partial charge in [0.2, 0.25) is 11.8 Å². The van der Waals surface area contributed by atoms with E-state index >= 15 is 0 Å². The molecule has 0 saturated carbocycles. The van der Waals surface area contributed by atoms with Crippen LogP contribution in [0.25, 0.3) is 0 Å². The minimum absolute atomic E-state index is 0.0530. The third-order valence-corrected chi connectivity index (χ3v) is 8.50. The summed E-state index contributed by atoms with van der Waals surface area (Å²) in [5.41, 5.74) is 0.502. The number of alkyl carbamates (subject to hydrolysis) is 1. The number of rotatable bonds is 16. The van der Waals surface area contributed by atoms with Gasteiger partial charge < -0.3 is 50.4 Å². The third-order valence-electron chi connectivity index (χ3n) is 8.50. The van der Waals surface area contributed by atoms with Gasteiger partial charge >= 0.3 is 12.1 Å². The van der Waals surface area contributed by atoms with Crippen LogP contribution in [-0.2, 0) is 44.7 Å². The van der Waals surface area contributed by atoms with Crippen molar-refractivity contribution in [3.63, 3.8) is 0 Å². The van der Waals surface area contributed by atoms with Crippen LogP contribution >= 0.6 is 0 Å². The summed E-state index contributed by atoms with van der Waals surface area (Å²) in [6, 6.07) is 13.2. The van der Waals surface area contributed by atoms with E-state index in [-0.39, 0.29) is 31.3 Å². The standard InChI is InChI=1S/C39H56N4O11/c1-22(2)19-27(41-35(48)29(23(3)4)43-38(50)54-39(5,6)7)34(47)42-30-31(45)32(46)33(53-37(30)52-21-24-15-11-9-12-16-24)36(49)40-26(20-28(44)51-8)25-17-13-10-14-18-25/h9-18,22-23,26-27,29-33,37,45-46H,19-21H2,1-8H3,(H,40,49)(H,41,48)(H,42,47)(H,43,50)/t26-,27-,29-,30+,31+,32+,33-,37-/m0/s1. The third kappa shape index (κ3) is 13.4. The van der Waals surface area contributed by atoms with E-state index in [0.717, 1.165) is 5.56 Å². The van der Waals surface area contributed by atoms with Crippen LogP contribution in [0.15, 0.2) is 60.7 Å². The fourth-order valence-corrected chi connectivity index (χ4v) is 5.77. The summed E-state index contributed by atoms with van der Waals surface area (Å²) in [4.78, 5) is 66.0. The Morgan fingerprint density at radius 3 is 2.00 bits per heavy atom. The number of hydrogen-bond acceptors (Lipinski definition) is 11. The average Bonchev–Trinajstić information content (AvgIpc) is 3.11. The molecule has 15 nitrogen and oxygen atoms in total. The quantitative estimate of drug-likeness (QED) is 0.137. The molecule has 1 aliphatic heterocycles. The SMILES string of the molecule is COC(=O)C[C@H](NC(=O)[C@H]1O[C@H](OCc2ccccc2)[C@H](NC(=O)[C@H](CC(C)C)NC(=O)[C@@H](NC(=O)OC(C)(C)C)C(C)C)[C@@H](O)[C@H]1O)c1ccccc1. The number of nitrogens with one attached hydrogen (secondary N) is 4. The molecule has 1 saturated heterocycles. The van der Waals surface area contributed by atoms with Crippen molar-refractivity contribution >= 4 is 29.8 Å². The first-order valence-corrected chi connectivity index (χ1v) is 18.1. The predicted octanol–water partition coefficient (Wildman–Crippen LogP) is 2.64. The number of methoxy groups -OCH3 is 1. The minimum Gasteiger partial charge on any atom is -0.469 e. The highest BCUT2D eigenvalue weighted by atomic mass is 16.7. The van der Waals surface area contributed by atoms with Gasteiger partial charge in [0.05, 0.1) is 26.2 Å². The Kier molecular flexibility index (Phi) is 16.4. The number of benzene rings is 2. The zero-order valence-corrected chi connectivity index (χ0v) is 32.2. The fraction of sp³-hybridized carbons (Fsp3) is 0.564. The van der Waals surface area contributed by atoms with E-state index in [9.17, 15) is 34.2 Å². The maximum atomic E-state index is 13.9. The van der Waals surface area contributed by atoms with Crippen molar-refractivity contribution in [1.82, 2.24) is 21.3 Å². The number of carbonyl (C=O) groups excluding carboxylic acids is 5. The Balaban J connectivity index is 1.86. The van der Waals surface area contributed by atoms with Crippen molar-refractivity contribution in [2.24, 2.45) is 11.8 Å². The molecular weight excluding hydrogens is 700 g/mol. The van der Waals surface area contributed by atoms with Gasteiger partial charge in [-0.05, 0) is 50.2 Å². The molecule has 8 atom stereocenters. The normalized spacial score (nSPS) is 21.7. The highest BCUT2D eigenvalue weighted by molar-refractivity contribution is 5.91. The van der Waals surface area contributed by atoms with Gasteiger partial charge in [-0.1, -0.05) is 88.4 Å². The molecular formula is C39H56N4O11. The molecule has 6 N–H and O–H groups in total. The lowest BCUT2D eigenvalue weighted by atomic mass is 9.94. The van der Waals surface area contributed by atoms with Gasteiger partial charge in [0.25, 0.3) is 5.91 Å². The topological polar surface area (TPSA) is 211 Å². The van der Waals surface area contributed by atoms with E-state index < -0.39 is 84.2 Å². The van der Waals surface area contributed by atoms with Gasteiger partial charge in [-0.15, -0.1) is 0 Å². The van der Waals surface area contributed by atoms with Crippen LogP contribution < -0.4 is 21.3 Å². The Hall–Kier alpha value is -4.57. The number of hydrogen-bond donors (Lipinski definition) is 6. The van der Waals surface area contributed by atoms with Crippen LogP contribution in [0.3, 0.4) is 0 Å². The van der Waals surface area contributed by atoms with Crippen LogP contribution in [0.1, 0.15) is 78.5 Å². The molecule has 15 heteroatoms. The monoisotopic (exact) mass is 756 g/mol. The van der Waals surface area contributed by atoms with Crippen molar-refractivity contribution in [3.8, 4) is 0 Å². The van der Waals surface area contributed by atoms with E-state index in [1.165, 1.54) is 7.11 Å². The van der Waals surface area contributed by atoms with E-state index in [4.69, 9.17) is 18.9 Å². The van der Waals surface area contributed by atoms with Gasteiger partial charge in [-0.3, -0.25) is 19.2 Å². The highest BCUT2D eigenvalue weighted by Crippen LogP contribution is 2.26. The molecule has 2 aromatic rings. The Morgan fingerprint density at radius 2 is 1.44 bits per heavy atom. The van der Waals surface area contributed by atoms with E-state index in [1.807, 2.05) is 19.9 Å². The zero-order valence-electron chi connectivity index (χ0n) is 32.2. The van der Waals surface area contributed by atoms with Crippen molar-refractivity contribution in [1.29, 1.82) is 0 Å². The molecule has 0 aliphatic carbocycles. The summed E-state index contributed by atoms with van der Waals surface area (Å²) in [6.07, 6.45) is -7.65. The Morgan fingerprint density at radius 1 is 0.833 bits per heavy atom. The lowest BCUT2D eigenvalue weighted by Gasteiger charge is -2.42. The van der Waals surface area contributed by atoms with Crippen LogP contribution in [0.4, 0.5) is 4.79 Å². The second kappa shape index (κ2) is 20.2. The largest absolute Gasteiger partial charge is 0.469 e. The Labute approximate surface area is 316 Å². The van der Waals surface area contributed by atoms with Gasteiger partial charge in [0.15, 0.2) is 12.4 Å². The first-order chi connectivity index (χ1) is 25.4. The van der Waals surface area contributed by atoms with Gasteiger partial charge in [0, 0.05) is 0 Å². The highest BCUT2D eigenvalue weighted by Gasteiger charge is 2.49. The van der Waals surface area contributed by atoms with Gasteiger partial charge in [-0.25, -0.2) is 4.79 Å². The van der Waals surface area contributed by atoms with E-state index in [1.54, 1.807) is 89.2 Å². The summed E-state index contributed by atoms with van der Waals surface area (Å²) in [5, 5.41) is 33.4. The molecule has 0 unspecified atom stereocenters. The van der Waals surface area contributed by atoms with Crippen LogP contribution in [0.5, 0.6) is 0 Å². The lowest BCUT2D eigenvalue weighted by molar-refractivity contribution is -0.263. The predicted molar refractivity (Wildman–Crippen MR) is 197 cm³/mol. The molecule has 1 aliphatic rings. The molecule has 0 radical (unpaired) electrons. The van der Waals surface area contributed by atoms with Crippen molar-refractivity contribution in [3.05, 3.63) is 71.8 Å². The number of carbonyl (C=O) groups is 5. The summed E-state index contributed by atoms with van der Waals surface area (Å²) >= 11 is 0. The molecule has 0 spiro atoms. The number of aliphatic hydroxyl groups is 2. The summed E-state index contributed by atoms with van der Waals surface area (Å²) in [5.74, 6) is -3.27. The van der Waals surface area contributed by atoms with Gasteiger partial charge in [0.1, 0.15) is 35.9 Å². The van der Waals surface area contributed by atoms with E-state index in [2.05, 4.69) is 21.3 Å². The van der Waals surface area contributed by atoms with Crippen LogP contribution in [0, 0.1) is 11.8 Å². The maximum absolute atomic E-state index is 13.9. The van der Waals surface area contributed by atoms with E-state index in [0.29, 0.717) is 5.56 Å². The number of aliphatic hydroxyl groups excluding tert-OH is 2. The molecule has 298 valence electrons. The summed E-state index contributed by atoms with van der Waals surface area (Å²) in [7, 11) is 1.22. The number of amides is 4. The second-order valence-corrected chi connectivity index (χ2v) is 15.0. The van der Waals surface area contributed by atoms with Crippen LogP contribution in [0.2, 0.25) is 0 Å². The molecule has 1 fully saturated rings. The fourth-order valence-electron chi connectivity index (χ4n) is 5.77. The summed E-state index contributed by atoms with van der Waals surface area (Å²) < 4.78 is 22.2. The maximum Gasteiger partial charge on any atom is 0.408 e. The molecule has 4 amide bonds. The van der Waals surface area contributed by atoms with Gasteiger partial charge in [-0.2, -0.15) is 0 Å². The number of ether oxygens (including phenoxy) is 4. The molecule has 1 heterocycles. The minimum atomic E-state index is -1.86. The smallest absolute Gasteiger partial charge is 0.408 e. The van der Waals surface area contributed by atoms with Crippen molar-refractivity contribution in [2.75, 3.05) is 7.11 Å². The second-order valence-electron chi connectivity index (χ2n) is 15.0. The van der Waals surface area contributed by atoms with Crippen molar-refractivity contribution < 1.29 is 53.1 Å². The Bertz CT molecular complexity index is 1530. The first kappa shape index (κ1) is 43.8. The molecule has 0 bridgehead atoms. The first-order valence-electron chi connectivity index (χ1n) is 18.1. The zero-order chi connectivity index (χ0) is 40.2. The lowest BCUT2D eigenvalue weighted by Crippen LogP contribution is -2.68. The van der Waals surface area contributed by atoms with Crippen molar-refractivity contribution in [2.45, 2.75) is 122 Å². The molecule has 2 aromatic carbocycles. The number of esters is 1. The molecule has 54 heavy (non-hydrogen) atoms. The molecule has 0 aromatic heterocycles.